The Bertz CT molecular complexity index is 700. The van der Waals surface area contributed by atoms with E-state index in [1.165, 1.54) is 38.5 Å². The summed E-state index contributed by atoms with van der Waals surface area (Å²) in [6.07, 6.45) is 9.98. The summed E-state index contributed by atoms with van der Waals surface area (Å²) in [5.41, 5.74) is 8.39. The minimum atomic E-state index is 0.189. The largest absolute Gasteiger partial charge is 0.369 e. The van der Waals surface area contributed by atoms with Crippen molar-refractivity contribution in [2.75, 3.05) is 5.73 Å². The first kappa shape index (κ1) is 12.4. The van der Waals surface area contributed by atoms with Crippen LogP contribution in [0.2, 0.25) is 0 Å². The van der Waals surface area contributed by atoms with Crippen molar-refractivity contribution in [2.45, 2.75) is 44.1 Å². The van der Waals surface area contributed by atoms with Crippen molar-refractivity contribution in [3.8, 4) is 0 Å². The van der Waals surface area contributed by atoms with Gasteiger partial charge >= 0.3 is 0 Å². The molecule has 2 heterocycles. The van der Waals surface area contributed by atoms with E-state index in [4.69, 9.17) is 5.73 Å². The molecular formula is C16H19BrN4. The molecule has 21 heavy (non-hydrogen) atoms. The molecule has 0 spiro atoms. The number of pyridine rings is 1. The Hall–Kier alpha value is -1.10. The van der Waals surface area contributed by atoms with Crippen LogP contribution in [0.25, 0.3) is 11.2 Å². The lowest BCUT2D eigenvalue weighted by molar-refractivity contribution is -0.0401. The molecule has 0 amide bonds. The molecule has 2 N–H and O–H groups in total. The molecule has 0 aromatic carbocycles. The number of rotatable bonds is 1. The van der Waals surface area contributed by atoms with E-state index >= 15 is 0 Å². The predicted molar refractivity (Wildman–Crippen MR) is 85.8 cm³/mol. The molecule has 4 fully saturated rings. The minimum absolute atomic E-state index is 0.189. The molecule has 2 aromatic heterocycles. The van der Waals surface area contributed by atoms with Crippen molar-refractivity contribution in [3.05, 3.63) is 16.7 Å². The summed E-state index contributed by atoms with van der Waals surface area (Å²) in [5, 5.41) is 0. The van der Waals surface area contributed by atoms with E-state index in [1.54, 1.807) is 0 Å². The Balaban J connectivity index is 1.72. The fourth-order valence-electron chi connectivity index (χ4n) is 5.76. The minimum Gasteiger partial charge on any atom is -0.369 e. The summed E-state index contributed by atoms with van der Waals surface area (Å²) >= 11 is 3.48. The van der Waals surface area contributed by atoms with E-state index in [1.807, 2.05) is 12.3 Å². The van der Waals surface area contributed by atoms with Crippen LogP contribution in [0.1, 0.15) is 38.5 Å². The van der Waals surface area contributed by atoms with E-state index in [0.717, 1.165) is 33.4 Å². The molecule has 0 atom stereocenters. The van der Waals surface area contributed by atoms with Gasteiger partial charge in [-0.25, -0.2) is 9.97 Å². The molecule has 2 aromatic rings. The van der Waals surface area contributed by atoms with Crippen LogP contribution in [0, 0.1) is 17.8 Å². The number of nitrogens with zero attached hydrogens (tertiary/aromatic N) is 3. The molecule has 4 aliphatic rings. The standard InChI is InChI=1S/C16H19BrN4/c17-12-4-13-14(19-8-12)21(15(18)20-13)16-5-9-1-10(6-16)3-11(2-9)7-16/h4,8-11H,1-3,5-7H2,(H2,18,20). The summed E-state index contributed by atoms with van der Waals surface area (Å²) in [6, 6.07) is 2.02. The Kier molecular flexibility index (Phi) is 2.37. The third kappa shape index (κ3) is 1.67. The van der Waals surface area contributed by atoms with E-state index in [9.17, 15) is 0 Å². The maximum Gasteiger partial charge on any atom is 0.202 e. The van der Waals surface area contributed by atoms with E-state index in [-0.39, 0.29) is 5.54 Å². The molecule has 6 rings (SSSR count). The molecule has 4 nitrogen and oxygen atoms in total. The van der Waals surface area contributed by atoms with Crippen LogP contribution in [0.4, 0.5) is 5.95 Å². The normalized spacial score (nSPS) is 37.5. The first-order valence-corrected chi connectivity index (χ1v) is 8.72. The summed E-state index contributed by atoms with van der Waals surface area (Å²) < 4.78 is 3.25. The summed E-state index contributed by atoms with van der Waals surface area (Å²) in [5.74, 6) is 3.33. The lowest BCUT2D eigenvalue weighted by Crippen LogP contribution is -2.52. The molecule has 110 valence electrons. The van der Waals surface area contributed by atoms with Gasteiger partial charge in [-0.1, -0.05) is 0 Å². The molecule has 4 saturated carbocycles. The van der Waals surface area contributed by atoms with Crippen molar-refractivity contribution in [2.24, 2.45) is 17.8 Å². The zero-order valence-corrected chi connectivity index (χ0v) is 13.5. The SMILES string of the molecule is Nc1nc2cc(Br)cnc2n1C12CC3CC(CC(C3)C1)C2. The van der Waals surface area contributed by atoms with Crippen LogP contribution < -0.4 is 5.73 Å². The summed E-state index contributed by atoms with van der Waals surface area (Å²) in [4.78, 5) is 9.21. The number of nitrogen functional groups attached to an aromatic ring is 1. The zero-order valence-electron chi connectivity index (χ0n) is 11.9. The highest BCUT2D eigenvalue weighted by molar-refractivity contribution is 9.10. The fraction of sp³-hybridized carbons (Fsp3) is 0.625. The van der Waals surface area contributed by atoms with Gasteiger partial charge in [0.25, 0.3) is 0 Å². The molecular weight excluding hydrogens is 328 g/mol. The van der Waals surface area contributed by atoms with E-state index in [0.29, 0.717) is 5.95 Å². The fourth-order valence-corrected chi connectivity index (χ4v) is 6.08. The average molecular weight is 347 g/mol. The number of aromatic nitrogens is 3. The number of anilines is 1. The molecule has 0 saturated heterocycles. The number of hydrogen-bond donors (Lipinski definition) is 1. The lowest BCUT2D eigenvalue weighted by Gasteiger charge is -2.57. The van der Waals surface area contributed by atoms with E-state index in [2.05, 4.69) is 30.5 Å². The van der Waals surface area contributed by atoms with Crippen molar-refractivity contribution in [1.29, 1.82) is 0 Å². The van der Waals surface area contributed by atoms with Crippen LogP contribution in [-0.2, 0) is 5.54 Å². The van der Waals surface area contributed by atoms with Gasteiger partial charge in [-0.3, -0.25) is 4.57 Å². The molecule has 0 radical (unpaired) electrons. The van der Waals surface area contributed by atoms with Gasteiger partial charge in [0, 0.05) is 10.7 Å². The highest BCUT2D eigenvalue weighted by atomic mass is 79.9. The highest BCUT2D eigenvalue weighted by Gasteiger charge is 2.53. The van der Waals surface area contributed by atoms with Gasteiger partial charge in [0.2, 0.25) is 5.95 Å². The van der Waals surface area contributed by atoms with Crippen molar-refractivity contribution < 1.29 is 0 Å². The van der Waals surface area contributed by atoms with Crippen molar-refractivity contribution >= 4 is 33.0 Å². The van der Waals surface area contributed by atoms with Gasteiger partial charge in [-0.15, -0.1) is 0 Å². The maximum absolute atomic E-state index is 6.32. The van der Waals surface area contributed by atoms with E-state index < -0.39 is 0 Å². The Morgan fingerprint density at radius 1 is 1.14 bits per heavy atom. The van der Waals surface area contributed by atoms with Crippen LogP contribution in [-0.4, -0.2) is 14.5 Å². The van der Waals surface area contributed by atoms with Crippen LogP contribution in [0.15, 0.2) is 16.7 Å². The molecule has 4 bridgehead atoms. The number of halogens is 1. The molecule has 5 heteroatoms. The van der Waals surface area contributed by atoms with Gasteiger partial charge < -0.3 is 5.73 Å². The molecule has 0 aliphatic heterocycles. The van der Waals surface area contributed by atoms with Gasteiger partial charge in [-0.05, 0) is 78.3 Å². The molecule has 0 unspecified atom stereocenters. The third-order valence-corrected chi connectivity index (χ3v) is 6.40. The Morgan fingerprint density at radius 2 is 1.76 bits per heavy atom. The van der Waals surface area contributed by atoms with Crippen LogP contribution in [0.3, 0.4) is 0 Å². The summed E-state index contributed by atoms with van der Waals surface area (Å²) in [7, 11) is 0. The van der Waals surface area contributed by atoms with Gasteiger partial charge in [0.05, 0.1) is 5.54 Å². The first-order valence-electron chi connectivity index (χ1n) is 7.93. The second kappa shape index (κ2) is 4.00. The van der Waals surface area contributed by atoms with Gasteiger partial charge in [-0.2, -0.15) is 0 Å². The second-order valence-corrected chi connectivity index (χ2v) is 8.36. The summed E-state index contributed by atoms with van der Waals surface area (Å²) in [6.45, 7) is 0. The monoisotopic (exact) mass is 346 g/mol. The number of nitrogens with two attached hydrogens (primary N) is 1. The average Bonchev–Trinajstić information content (AvgIpc) is 2.72. The van der Waals surface area contributed by atoms with Gasteiger partial charge in [0.1, 0.15) is 5.52 Å². The molecule has 4 aliphatic carbocycles. The van der Waals surface area contributed by atoms with Crippen molar-refractivity contribution in [3.63, 3.8) is 0 Å². The zero-order chi connectivity index (χ0) is 14.2. The van der Waals surface area contributed by atoms with Crippen LogP contribution >= 0.6 is 15.9 Å². The Morgan fingerprint density at radius 3 is 2.38 bits per heavy atom. The smallest absolute Gasteiger partial charge is 0.202 e. The maximum atomic E-state index is 6.32. The topological polar surface area (TPSA) is 56.7 Å². The second-order valence-electron chi connectivity index (χ2n) is 7.44. The van der Waals surface area contributed by atoms with Crippen LogP contribution in [0.5, 0.6) is 0 Å². The highest BCUT2D eigenvalue weighted by Crippen LogP contribution is 2.59. The number of imidazole rings is 1. The lowest BCUT2D eigenvalue weighted by atomic mass is 9.53. The van der Waals surface area contributed by atoms with Gasteiger partial charge in [0.15, 0.2) is 5.65 Å². The quantitative estimate of drug-likeness (QED) is 0.856. The number of hydrogen-bond acceptors (Lipinski definition) is 3. The third-order valence-electron chi connectivity index (χ3n) is 5.97. The number of fused-ring (bicyclic) bond motifs is 1. The Labute approximate surface area is 132 Å². The van der Waals surface area contributed by atoms with Crippen molar-refractivity contribution in [1.82, 2.24) is 14.5 Å². The first-order chi connectivity index (χ1) is 10.1. The predicted octanol–water partition coefficient (Wildman–Crippen LogP) is 3.70.